The molecule has 1 heterocycles. The van der Waals surface area contributed by atoms with Crippen LogP contribution < -0.4 is 5.73 Å². The molecule has 1 unspecified atom stereocenters. The van der Waals surface area contributed by atoms with E-state index >= 15 is 0 Å². The van der Waals surface area contributed by atoms with Gasteiger partial charge in [0.15, 0.2) is 0 Å². The predicted octanol–water partition coefficient (Wildman–Crippen LogP) is 2.80. The SMILES string of the molecule is NCCCN(CCCC1CCCO1)Cc1ccccc1. The second-order valence-electron chi connectivity index (χ2n) is 5.68. The maximum atomic E-state index is 5.70. The third-order valence-electron chi connectivity index (χ3n) is 3.95. The van der Waals surface area contributed by atoms with Gasteiger partial charge in [-0.1, -0.05) is 30.3 Å². The Morgan fingerprint density at radius 2 is 1.95 bits per heavy atom. The Kier molecular flexibility index (Phi) is 7.06. The summed E-state index contributed by atoms with van der Waals surface area (Å²) in [6, 6.07) is 10.7. The molecule has 0 spiro atoms. The Morgan fingerprint density at radius 1 is 1.15 bits per heavy atom. The first-order chi connectivity index (χ1) is 9.88. The summed E-state index contributed by atoms with van der Waals surface area (Å²) >= 11 is 0. The van der Waals surface area contributed by atoms with E-state index in [1.165, 1.54) is 31.2 Å². The Bertz CT molecular complexity index is 349. The van der Waals surface area contributed by atoms with Crippen LogP contribution in [0.4, 0.5) is 0 Å². The Balaban J connectivity index is 1.74. The molecule has 1 aromatic carbocycles. The molecule has 0 radical (unpaired) electrons. The van der Waals surface area contributed by atoms with Gasteiger partial charge in [-0.25, -0.2) is 0 Å². The minimum atomic E-state index is 0.517. The van der Waals surface area contributed by atoms with E-state index in [-0.39, 0.29) is 0 Å². The van der Waals surface area contributed by atoms with Gasteiger partial charge in [0.1, 0.15) is 0 Å². The molecule has 112 valence electrons. The quantitative estimate of drug-likeness (QED) is 0.754. The van der Waals surface area contributed by atoms with Crippen LogP contribution in [0.15, 0.2) is 30.3 Å². The van der Waals surface area contributed by atoms with E-state index in [2.05, 4.69) is 35.2 Å². The van der Waals surface area contributed by atoms with Gasteiger partial charge in [-0.15, -0.1) is 0 Å². The summed E-state index contributed by atoms with van der Waals surface area (Å²) in [6.45, 7) is 5.01. The van der Waals surface area contributed by atoms with Crippen LogP contribution in [0.1, 0.15) is 37.7 Å². The molecule has 1 fully saturated rings. The smallest absolute Gasteiger partial charge is 0.0576 e. The number of rotatable bonds is 9. The molecule has 3 nitrogen and oxygen atoms in total. The van der Waals surface area contributed by atoms with Crippen LogP contribution in [0.2, 0.25) is 0 Å². The van der Waals surface area contributed by atoms with Gasteiger partial charge in [0.25, 0.3) is 0 Å². The molecule has 1 atom stereocenters. The molecule has 20 heavy (non-hydrogen) atoms. The molecule has 1 aliphatic heterocycles. The fourth-order valence-corrected chi connectivity index (χ4v) is 2.84. The summed E-state index contributed by atoms with van der Waals surface area (Å²) in [4.78, 5) is 2.52. The lowest BCUT2D eigenvalue weighted by Crippen LogP contribution is -2.27. The summed E-state index contributed by atoms with van der Waals surface area (Å²) in [6.07, 6.45) is 6.51. The van der Waals surface area contributed by atoms with Gasteiger partial charge < -0.3 is 10.5 Å². The maximum absolute atomic E-state index is 5.70. The lowest BCUT2D eigenvalue weighted by atomic mass is 10.1. The molecule has 0 amide bonds. The third kappa shape index (κ3) is 5.61. The van der Waals surface area contributed by atoms with Crippen LogP contribution in [0.5, 0.6) is 0 Å². The summed E-state index contributed by atoms with van der Waals surface area (Å²) < 4.78 is 5.70. The molecule has 3 heteroatoms. The minimum Gasteiger partial charge on any atom is -0.378 e. The molecule has 0 aliphatic carbocycles. The van der Waals surface area contributed by atoms with Crippen LogP contribution in [-0.2, 0) is 11.3 Å². The second kappa shape index (κ2) is 9.11. The summed E-state index contributed by atoms with van der Waals surface area (Å²) in [7, 11) is 0. The molecule has 2 rings (SSSR count). The van der Waals surface area contributed by atoms with Crippen LogP contribution in [0, 0.1) is 0 Å². The van der Waals surface area contributed by atoms with Gasteiger partial charge in [-0.05, 0) is 57.3 Å². The number of nitrogens with two attached hydrogens (primary N) is 1. The van der Waals surface area contributed by atoms with Gasteiger partial charge in [-0.3, -0.25) is 4.90 Å². The highest BCUT2D eigenvalue weighted by Crippen LogP contribution is 2.17. The van der Waals surface area contributed by atoms with Crippen molar-refractivity contribution in [3.8, 4) is 0 Å². The Labute approximate surface area is 123 Å². The zero-order valence-corrected chi connectivity index (χ0v) is 12.5. The van der Waals surface area contributed by atoms with Gasteiger partial charge in [0, 0.05) is 13.2 Å². The van der Waals surface area contributed by atoms with Crippen molar-refractivity contribution in [3.63, 3.8) is 0 Å². The molecule has 0 bridgehead atoms. The first-order valence-electron chi connectivity index (χ1n) is 7.96. The van der Waals surface area contributed by atoms with Gasteiger partial charge in [0.05, 0.1) is 6.10 Å². The highest BCUT2D eigenvalue weighted by molar-refractivity contribution is 5.14. The first kappa shape index (κ1) is 15.5. The lowest BCUT2D eigenvalue weighted by Gasteiger charge is -2.23. The van der Waals surface area contributed by atoms with Crippen LogP contribution in [-0.4, -0.2) is 37.2 Å². The number of nitrogens with zero attached hydrogens (tertiary/aromatic N) is 1. The Morgan fingerprint density at radius 3 is 2.65 bits per heavy atom. The van der Waals surface area contributed by atoms with E-state index < -0.39 is 0 Å². The molecule has 1 aromatic rings. The lowest BCUT2D eigenvalue weighted by molar-refractivity contribution is 0.0983. The van der Waals surface area contributed by atoms with E-state index in [0.717, 1.165) is 39.2 Å². The number of hydrogen-bond donors (Lipinski definition) is 1. The predicted molar refractivity (Wildman–Crippen MR) is 83.6 cm³/mol. The number of benzene rings is 1. The molecule has 0 saturated carbocycles. The van der Waals surface area contributed by atoms with Crippen molar-refractivity contribution in [1.29, 1.82) is 0 Å². The highest BCUT2D eigenvalue weighted by atomic mass is 16.5. The summed E-state index contributed by atoms with van der Waals surface area (Å²) in [5.74, 6) is 0. The molecule has 1 aliphatic rings. The number of hydrogen-bond acceptors (Lipinski definition) is 3. The van der Waals surface area contributed by atoms with Crippen molar-refractivity contribution in [2.24, 2.45) is 5.73 Å². The second-order valence-corrected chi connectivity index (χ2v) is 5.68. The summed E-state index contributed by atoms with van der Waals surface area (Å²) in [5.41, 5.74) is 7.04. The highest BCUT2D eigenvalue weighted by Gasteiger charge is 2.15. The fraction of sp³-hybridized carbons (Fsp3) is 0.647. The summed E-state index contributed by atoms with van der Waals surface area (Å²) in [5, 5.41) is 0. The minimum absolute atomic E-state index is 0.517. The van der Waals surface area contributed by atoms with Gasteiger partial charge in [0.2, 0.25) is 0 Å². The monoisotopic (exact) mass is 276 g/mol. The van der Waals surface area contributed by atoms with Crippen molar-refractivity contribution in [2.75, 3.05) is 26.2 Å². The van der Waals surface area contributed by atoms with Crippen molar-refractivity contribution in [2.45, 2.75) is 44.8 Å². The average molecular weight is 276 g/mol. The third-order valence-corrected chi connectivity index (χ3v) is 3.95. The zero-order chi connectivity index (χ0) is 14.0. The van der Waals surface area contributed by atoms with E-state index in [4.69, 9.17) is 10.5 Å². The van der Waals surface area contributed by atoms with E-state index in [1.807, 2.05) is 0 Å². The van der Waals surface area contributed by atoms with Crippen molar-refractivity contribution < 1.29 is 4.74 Å². The number of ether oxygens (including phenoxy) is 1. The largest absolute Gasteiger partial charge is 0.378 e. The zero-order valence-electron chi connectivity index (χ0n) is 12.5. The van der Waals surface area contributed by atoms with E-state index in [0.29, 0.717) is 6.10 Å². The first-order valence-corrected chi connectivity index (χ1v) is 7.96. The van der Waals surface area contributed by atoms with Crippen molar-refractivity contribution in [1.82, 2.24) is 4.90 Å². The van der Waals surface area contributed by atoms with Crippen LogP contribution >= 0.6 is 0 Å². The molecular weight excluding hydrogens is 248 g/mol. The van der Waals surface area contributed by atoms with E-state index in [9.17, 15) is 0 Å². The molecular formula is C17H28N2O. The standard InChI is InChI=1S/C17H28N2O/c18-11-6-13-19(15-16-7-2-1-3-8-16)12-4-9-17-10-5-14-20-17/h1-3,7-8,17H,4-6,9-15,18H2. The van der Waals surface area contributed by atoms with Crippen molar-refractivity contribution in [3.05, 3.63) is 35.9 Å². The topological polar surface area (TPSA) is 38.5 Å². The van der Waals surface area contributed by atoms with E-state index in [1.54, 1.807) is 0 Å². The van der Waals surface area contributed by atoms with Crippen molar-refractivity contribution >= 4 is 0 Å². The molecule has 0 aromatic heterocycles. The van der Waals surface area contributed by atoms with Gasteiger partial charge in [-0.2, -0.15) is 0 Å². The van der Waals surface area contributed by atoms with Crippen LogP contribution in [0.3, 0.4) is 0 Å². The fourth-order valence-electron chi connectivity index (χ4n) is 2.84. The molecule has 1 saturated heterocycles. The Hall–Kier alpha value is -0.900. The molecule has 2 N–H and O–H groups in total. The normalized spacial score (nSPS) is 18.8. The maximum Gasteiger partial charge on any atom is 0.0576 e. The van der Waals surface area contributed by atoms with Crippen LogP contribution in [0.25, 0.3) is 0 Å². The average Bonchev–Trinajstić information content (AvgIpc) is 2.99. The van der Waals surface area contributed by atoms with Gasteiger partial charge >= 0.3 is 0 Å².